The Kier molecular flexibility index (Phi) is 4.18. The molecule has 1 unspecified atom stereocenters. The number of fused-ring (bicyclic) bond motifs is 3. The van der Waals surface area contributed by atoms with E-state index in [4.69, 9.17) is 0 Å². The van der Waals surface area contributed by atoms with Gasteiger partial charge in [0.1, 0.15) is 0 Å². The molecule has 30 heavy (non-hydrogen) atoms. The Morgan fingerprint density at radius 1 is 1.03 bits per heavy atom. The predicted molar refractivity (Wildman–Crippen MR) is 109 cm³/mol. The van der Waals surface area contributed by atoms with Gasteiger partial charge in [-0.05, 0) is 79.0 Å². The number of hydrogen-bond donors (Lipinski definition) is 3. The number of carboxylic acid groups (broad SMARTS) is 1. The lowest BCUT2D eigenvalue weighted by atomic mass is 9.99. The highest BCUT2D eigenvalue weighted by atomic mass is 32.2. The molecule has 1 heterocycles. The molecule has 0 saturated carbocycles. The Morgan fingerprint density at radius 3 is 2.33 bits per heavy atom. The van der Waals surface area contributed by atoms with Crippen molar-refractivity contribution >= 4 is 33.5 Å². The molecule has 0 bridgehead atoms. The highest BCUT2D eigenvalue weighted by molar-refractivity contribution is 7.93. The molecule has 0 fully saturated rings. The number of urea groups is 1. The van der Waals surface area contributed by atoms with Crippen LogP contribution in [0.4, 0.5) is 10.5 Å². The summed E-state index contributed by atoms with van der Waals surface area (Å²) < 4.78 is 19.4. The third kappa shape index (κ3) is 2.88. The first-order valence-corrected chi connectivity index (χ1v) is 11.3. The van der Waals surface area contributed by atoms with Gasteiger partial charge < -0.3 is 10.4 Å². The first kappa shape index (κ1) is 18.8. The maximum Gasteiger partial charge on any atom is 0.355 e. The standard InChI is InChI=1S/C21H19N3O5S/c25-19-16-8-7-13(20(26)27)10-17(16)30(29,23-19)24-21(28)22-18-14-5-1-3-11(14)9-12-4-2-6-15(12)18/h7-10H,1-6H2,(H,26,27)(H2,22,23,24,25,28,29). The first-order chi connectivity index (χ1) is 14.4. The fourth-order valence-corrected chi connectivity index (χ4v) is 6.23. The Labute approximate surface area is 173 Å². The van der Waals surface area contributed by atoms with Crippen molar-refractivity contribution in [3.05, 3.63) is 57.6 Å². The third-order valence-corrected chi connectivity index (χ3v) is 7.74. The molecule has 0 radical (unpaired) electrons. The predicted octanol–water partition coefficient (Wildman–Crippen LogP) is 3.08. The Balaban J connectivity index is 1.55. The van der Waals surface area contributed by atoms with Gasteiger partial charge in [0.15, 0.2) is 9.92 Å². The van der Waals surface area contributed by atoms with Gasteiger partial charge in [0, 0.05) is 5.69 Å². The van der Waals surface area contributed by atoms with Gasteiger partial charge in [0.2, 0.25) is 0 Å². The molecule has 2 aromatic rings. The van der Waals surface area contributed by atoms with Crippen LogP contribution < -0.4 is 10.0 Å². The SMILES string of the molecule is O=C(N=S1(=O)NC(=O)c2ccc(C(=O)O)cc21)Nc1c2c(cc3c1CCC3)CCC2. The summed E-state index contributed by atoms with van der Waals surface area (Å²) >= 11 is 0. The van der Waals surface area contributed by atoms with Crippen LogP contribution in [-0.2, 0) is 35.6 Å². The van der Waals surface area contributed by atoms with E-state index in [1.807, 2.05) is 0 Å². The number of amides is 3. The molecule has 2 aliphatic carbocycles. The molecule has 1 atom stereocenters. The van der Waals surface area contributed by atoms with Crippen molar-refractivity contribution in [3.8, 4) is 0 Å². The summed E-state index contributed by atoms with van der Waals surface area (Å²) in [5.41, 5.74) is 5.38. The van der Waals surface area contributed by atoms with Crippen LogP contribution >= 0.6 is 0 Å². The number of nitrogens with zero attached hydrogens (tertiary/aromatic N) is 1. The van der Waals surface area contributed by atoms with E-state index >= 15 is 0 Å². The molecule has 3 N–H and O–H groups in total. The number of aryl methyl sites for hydroxylation is 2. The lowest BCUT2D eigenvalue weighted by molar-refractivity contribution is 0.0696. The zero-order valence-corrected chi connectivity index (χ0v) is 16.8. The maximum atomic E-state index is 13.3. The number of anilines is 1. The van der Waals surface area contributed by atoms with E-state index < -0.39 is 27.8 Å². The van der Waals surface area contributed by atoms with Crippen molar-refractivity contribution in [2.75, 3.05) is 5.32 Å². The molecule has 5 rings (SSSR count). The largest absolute Gasteiger partial charge is 0.478 e. The van der Waals surface area contributed by atoms with Crippen molar-refractivity contribution in [2.45, 2.75) is 43.4 Å². The van der Waals surface area contributed by atoms with Gasteiger partial charge >= 0.3 is 12.0 Å². The lowest BCUT2D eigenvalue weighted by Gasteiger charge is -2.15. The van der Waals surface area contributed by atoms with E-state index in [1.54, 1.807) is 0 Å². The van der Waals surface area contributed by atoms with Crippen molar-refractivity contribution in [1.82, 2.24) is 4.72 Å². The van der Waals surface area contributed by atoms with Crippen LogP contribution in [0.1, 0.15) is 55.8 Å². The van der Waals surface area contributed by atoms with Gasteiger partial charge in [0.05, 0.1) is 16.0 Å². The average Bonchev–Trinajstić information content (AvgIpc) is 3.40. The molecular formula is C21H19N3O5S. The number of hydrogen-bond acceptors (Lipinski definition) is 4. The van der Waals surface area contributed by atoms with E-state index in [9.17, 15) is 23.7 Å². The second-order valence-electron chi connectivity index (χ2n) is 7.73. The van der Waals surface area contributed by atoms with E-state index in [0.29, 0.717) is 0 Å². The summed E-state index contributed by atoms with van der Waals surface area (Å²) in [6, 6.07) is 5.09. The molecule has 3 amide bonds. The number of aromatic carboxylic acids is 1. The van der Waals surface area contributed by atoms with Crippen LogP contribution in [0.15, 0.2) is 33.5 Å². The van der Waals surface area contributed by atoms with Crippen molar-refractivity contribution in [1.29, 1.82) is 0 Å². The summed E-state index contributed by atoms with van der Waals surface area (Å²) in [4.78, 5) is 36.2. The highest BCUT2D eigenvalue weighted by Crippen LogP contribution is 2.38. The molecule has 3 aliphatic rings. The van der Waals surface area contributed by atoms with Crippen LogP contribution in [0.25, 0.3) is 0 Å². The average molecular weight is 425 g/mol. The fraction of sp³-hybridized carbons (Fsp3) is 0.286. The second kappa shape index (κ2) is 6.66. The van der Waals surface area contributed by atoms with Crippen LogP contribution in [0.2, 0.25) is 0 Å². The number of benzene rings is 2. The van der Waals surface area contributed by atoms with Crippen molar-refractivity contribution in [2.24, 2.45) is 4.36 Å². The van der Waals surface area contributed by atoms with Crippen molar-refractivity contribution in [3.63, 3.8) is 0 Å². The van der Waals surface area contributed by atoms with Gasteiger partial charge in [-0.25, -0.2) is 13.8 Å². The van der Waals surface area contributed by atoms with Gasteiger partial charge in [-0.1, -0.05) is 6.07 Å². The number of carboxylic acids is 1. The fourth-order valence-electron chi connectivity index (χ4n) is 4.59. The topological polar surface area (TPSA) is 125 Å². The molecule has 1 aliphatic heterocycles. The number of nitrogens with one attached hydrogen (secondary N) is 2. The molecular weight excluding hydrogens is 406 g/mol. The van der Waals surface area contributed by atoms with E-state index in [-0.39, 0.29) is 16.0 Å². The van der Waals surface area contributed by atoms with Crippen LogP contribution in [0.5, 0.6) is 0 Å². The minimum Gasteiger partial charge on any atom is -0.478 e. The first-order valence-electron chi connectivity index (χ1n) is 9.80. The Morgan fingerprint density at radius 2 is 1.70 bits per heavy atom. The summed E-state index contributed by atoms with van der Waals surface area (Å²) in [5.74, 6) is -1.87. The summed E-state index contributed by atoms with van der Waals surface area (Å²) in [7, 11) is -3.62. The summed E-state index contributed by atoms with van der Waals surface area (Å²) in [6.07, 6.45) is 5.73. The van der Waals surface area contributed by atoms with Crippen molar-refractivity contribution < 1.29 is 23.7 Å². The van der Waals surface area contributed by atoms with Crippen LogP contribution in [0, 0.1) is 0 Å². The minimum atomic E-state index is -3.62. The number of carbonyl (C=O) groups excluding carboxylic acids is 2. The van der Waals surface area contributed by atoms with Gasteiger partial charge in [-0.15, -0.1) is 4.36 Å². The zero-order chi connectivity index (χ0) is 21.0. The summed E-state index contributed by atoms with van der Waals surface area (Å²) in [5, 5.41) is 12.0. The molecule has 0 saturated heterocycles. The van der Waals surface area contributed by atoms with Gasteiger partial charge in [0.25, 0.3) is 5.91 Å². The normalized spacial score (nSPS) is 20.9. The minimum absolute atomic E-state index is 0.0584. The van der Waals surface area contributed by atoms with Gasteiger partial charge in [-0.3, -0.25) is 9.52 Å². The van der Waals surface area contributed by atoms with E-state index in [0.717, 1.165) is 61.4 Å². The molecule has 154 valence electrons. The molecule has 2 aromatic carbocycles. The van der Waals surface area contributed by atoms with Gasteiger partial charge in [-0.2, -0.15) is 0 Å². The highest BCUT2D eigenvalue weighted by Gasteiger charge is 2.33. The molecule has 0 aromatic heterocycles. The third-order valence-electron chi connectivity index (χ3n) is 5.92. The zero-order valence-electron chi connectivity index (χ0n) is 16.0. The molecule has 9 heteroatoms. The van der Waals surface area contributed by atoms with E-state index in [2.05, 4.69) is 20.5 Å². The maximum absolute atomic E-state index is 13.3. The lowest BCUT2D eigenvalue weighted by Crippen LogP contribution is -2.23. The Hall–Kier alpha value is -3.20. The number of carbonyl (C=O) groups is 3. The molecule has 8 nitrogen and oxygen atoms in total. The smallest absolute Gasteiger partial charge is 0.355 e. The monoisotopic (exact) mass is 425 g/mol. The number of rotatable bonds is 2. The van der Waals surface area contributed by atoms with E-state index in [1.165, 1.54) is 23.3 Å². The molecule has 0 spiro atoms. The Bertz CT molecular complexity index is 1240. The van der Waals surface area contributed by atoms with Crippen LogP contribution in [-0.4, -0.2) is 27.2 Å². The summed E-state index contributed by atoms with van der Waals surface area (Å²) in [6.45, 7) is 0. The second-order valence-corrected chi connectivity index (χ2v) is 9.61. The quantitative estimate of drug-likeness (QED) is 0.682. The van der Waals surface area contributed by atoms with Crippen LogP contribution in [0.3, 0.4) is 0 Å².